The summed E-state index contributed by atoms with van der Waals surface area (Å²) in [5, 5.41) is 40.5. The second-order valence-corrected chi connectivity index (χ2v) is 19.1. The summed E-state index contributed by atoms with van der Waals surface area (Å²) >= 11 is 1.59. The third kappa shape index (κ3) is 9.44. The van der Waals surface area contributed by atoms with Crippen molar-refractivity contribution in [1.29, 1.82) is 0 Å². The van der Waals surface area contributed by atoms with Crippen molar-refractivity contribution in [3.63, 3.8) is 0 Å². The second kappa shape index (κ2) is 19.4. The Morgan fingerprint density at radius 3 is 2.53 bits per heavy atom. The lowest BCUT2D eigenvalue weighted by Gasteiger charge is -2.46. The molecule has 3 aromatic heterocycles. The molecule has 4 aliphatic heterocycles. The summed E-state index contributed by atoms with van der Waals surface area (Å²) in [5.41, 5.74) is 6.95. The number of β-amino-alcohol motifs (C(OH)–C–C–N with tert-alkyl or cyclic N) is 1. The van der Waals surface area contributed by atoms with E-state index < -0.39 is 18.1 Å². The zero-order valence-corrected chi connectivity index (χ0v) is 38.6. The average molecular weight is 919 g/mol. The van der Waals surface area contributed by atoms with Gasteiger partial charge in [-0.3, -0.25) is 19.3 Å². The van der Waals surface area contributed by atoms with Gasteiger partial charge < -0.3 is 44.8 Å². The summed E-state index contributed by atoms with van der Waals surface area (Å²) in [7, 11) is 0. The molecule has 4 N–H and O–H groups in total. The number of phenols is 1. The van der Waals surface area contributed by atoms with E-state index in [4.69, 9.17) is 9.26 Å². The Morgan fingerprint density at radius 2 is 1.79 bits per heavy atom. The summed E-state index contributed by atoms with van der Waals surface area (Å²) in [6, 6.07) is 17.7. The Labute approximate surface area is 388 Å². The minimum Gasteiger partial charge on any atom is -0.507 e. The molecule has 3 fully saturated rings. The molecule has 0 saturated carbocycles. The molecule has 2 aromatic carbocycles. The minimum absolute atomic E-state index is 0.0397. The van der Waals surface area contributed by atoms with Crippen molar-refractivity contribution < 1.29 is 33.9 Å². The number of likely N-dealkylation sites (tertiary alicyclic amines) is 2. The van der Waals surface area contributed by atoms with E-state index in [9.17, 15) is 24.6 Å². The van der Waals surface area contributed by atoms with Gasteiger partial charge in [0.15, 0.2) is 11.6 Å². The van der Waals surface area contributed by atoms with Crippen molar-refractivity contribution >= 4 is 40.6 Å². The van der Waals surface area contributed by atoms with Gasteiger partial charge in [-0.15, -0.1) is 21.5 Å². The molecule has 4 aliphatic rings. The van der Waals surface area contributed by atoms with Crippen LogP contribution in [0.3, 0.4) is 0 Å². The maximum Gasteiger partial charge on any atom is 0.254 e. The average Bonchev–Trinajstić information content (AvgIpc) is 4.08. The van der Waals surface area contributed by atoms with Gasteiger partial charge in [0, 0.05) is 63.2 Å². The maximum atomic E-state index is 14.2. The van der Waals surface area contributed by atoms with E-state index in [0.29, 0.717) is 62.2 Å². The Bertz CT molecular complexity index is 2520. The number of thiazole rings is 1. The van der Waals surface area contributed by atoms with Crippen LogP contribution < -0.4 is 20.3 Å². The van der Waals surface area contributed by atoms with E-state index in [0.717, 1.165) is 53.3 Å². The quantitative estimate of drug-likeness (QED) is 0.122. The minimum atomic E-state index is -0.839. The monoisotopic (exact) mass is 918 g/mol. The van der Waals surface area contributed by atoms with Gasteiger partial charge in [-0.25, -0.2) is 4.98 Å². The number of amides is 3. The zero-order valence-electron chi connectivity index (χ0n) is 37.8. The van der Waals surface area contributed by atoms with Crippen LogP contribution in [0, 0.1) is 18.8 Å². The SMILES string of the molecule is Cc1ncsc1-c1ccc([C@H](C)NC(=O)[C@@H]2C[C@@H](O)CN2C(=O)[C@@H](c2cc(OCCN3CCC(C(=O)N4CCN5c6cc(-c7ccccc7O)nnc6NC[C@H]5C4)CC3)no2)C(C)C)cc1. The number of anilines is 2. The van der Waals surface area contributed by atoms with Crippen molar-refractivity contribution in [3.05, 3.63) is 83.2 Å². The highest BCUT2D eigenvalue weighted by atomic mass is 32.1. The number of fused-ring (bicyclic) bond motifs is 3. The van der Waals surface area contributed by atoms with Crippen LogP contribution >= 0.6 is 11.3 Å². The first-order valence-electron chi connectivity index (χ1n) is 23.0. The molecule has 0 spiro atoms. The molecular formula is C48H58N10O7S. The fourth-order valence-electron chi connectivity index (χ4n) is 9.85. The largest absolute Gasteiger partial charge is 0.507 e. The smallest absolute Gasteiger partial charge is 0.254 e. The number of nitrogens with one attached hydrogen (secondary N) is 2. The Balaban J connectivity index is 0.736. The van der Waals surface area contributed by atoms with Crippen LogP contribution in [0.15, 0.2) is 70.7 Å². The summed E-state index contributed by atoms with van der Waals surface area (Å²) in [4.78, 5) is 55.3. The number of nitrogens with zero attached hydrogens (tertiary/aromatic N) is 8. The molecule has 348 valence electrons. The van der Waals surface area contributed by atoms with Crippen LogP contribution in [0.1, 0.15) is 69.0 Å². The molecule has 9 rings (SSSR count). The van der Waals surface area contributed by atoms with Crippen LogP contribution in [-0.4, -0.2) is 140 Å². The van der Waals surface area contributed by atoms with Gasteiger partial charge >= 0.3 is 0 Å². The van der Waals surface area contributed by atoms with E-state index in [2.05, 4.69) is 40.8 Å². The van der Waals surface area contributed by atoms with E-state index in [-0.39, 0.29) is 66.2 Å². The van der Waals surface area contributed by atoms with Crippen LogP contribution in [0.5, 0.6) is 11.6 Å². The number of aryl methyl sites for hydroxylation is 1. The number of hydrogen-bond donors (Lipinski definition) is 4. The van der Waals surface area contributed by atoms with Crippen LogP contribution in [0.4, 0.5) is 11.5 Å². The highest BCUT2D eigenvalue weighted by Crippen LogP contribution is 2.37. The molecule has 5 aromatic rings. The van der Waals surface area contributed by atoms with Crippen molar-refractivity contribution in [2.45, 2.75) is 77.1 Å². The summed E-state index contributed by atoms with van der Waals surface area (Å²) < 4.78 is 11.7. The molecule has 18 heteroatoms. The first kappa shape index (κ1) is 45.1. The van der Waals surface area contributed by atoms with Crippen molar-refractivity contribution in [3.8, 4) is 33.3 Å². The van der Waals surface area contributed by atoms with Gasteiger partial charge in [0.2, 0.25) is 17.7 Å². The Kier molecular flexibility index (Phi) is 13.2. The van der Waals surface area contributed by atoms with Gasteiger partial charge in [-0.1, -0.05) is 50.2 Å². The number of aromatic nitrogens is 4. The number of carbonyl (C=O) groups excluding carboxylic acids is 3. The third-order valence-electron chi connectivity index (χ3n) is 13.5. The standard InChI is InChI=1S/C48H58N10O7S/c1-28(2)43(48(63)58-26-35(59)21-39(58)46(61)51-29(3)31-9-11-32(12-10-31)44-30(4)50-27-66-44)41-23-42(54-65-41)64-20-19-55-15-13-33(14-16-55)47(62)56-17-18-57-34(25-56)24-49-45-38(57)22-37(52-53-45)36-7-5-6-8-40(36)60/h5-12,22-23,27-29,33-35,39,43,59-60H,13-21,24-26H2,1-4H3,(H,49,53)(H,51,61)/t29-,34-,35+,39-,43+/m0/s1. The molecule has 0 unspecified atom stereocenters. The molecule has 0 radical (unpaired) electrons. The predicted molar refractivity (Wildman–Crippen MR) is 249 cm³/mol. The fraction of sp³-hybridized carbons (Fsp3) is 0.479. The van der Waals surface area contributed by atoms with Crippen LogP contribution in [-0.2, 0) is 14.4 Å². The van der Waals surface area contributed by atoms with E-state index in [1.807, 2.05) is 80.6 Å². The lowest BCUT2D eigenvalue weighted by Crippen LogP contribution is -2.60. The summed E-state index contributed by atoms with van der Waals surface area (Å²) in [6.45, 7) is 12.9. The highest BCUT2D eigenvalue weighted by molar-refractivity contribution is 7.13. The molecule has 66 heavy (non-hydrogen) atoms. The number of piperidine rings is 1. The third-order valence-corrected chi connectivity index (χ3v) is 14.5. The van der Waals surface area contributed by atoms with Gasteiger partial charge in [0.05, 0.1) is 45.7 Å². The lowest BCUT2D eigenvalue weighted by molar-refractivity contribution is -0.141. The van der Waals surface area contributed by atoms with E-state index in [1.165, 1.54) is 4.90 Å². The highest BCUT2D eigenvalue weighted by Gasteiger charge is 2.44. The molecule has 3 saturated heterocycles. The molecule has 3 amide bonds. The predicted octanol–water partition coefficient (Wildman–Crippen LogP) is 5.08. The first-order chi connectivity index (χ1) is 31.9. The fourth-order valence-corrected chi connectivity index (χ4v) is 10.7. The van der Waals surface area contributed by atoms with Crippen molar-refractivity contribution in [2.24, 2.45) is 11.8 Å². The number of aliphatic hydroxyl groups is 1. The number of piperazine rings is 1. The van der Waals surface area contributed by atoms with Crippen molar-refractivity contribution in [1.82, 2.24) is 40.4 Å². The van der Waals surface area contributed by atoms with Gasteiger partial charge in [0.1, 0.15) is 24.3 Å². The number of rotatable bonds is 13. The summed E-state index contributed by atoms with van der Waals surface area (Å²) in [6.07, 6.45) is 0.834. The lowest BCUT2D eigenvalue weighted by atomic mass is 9.91. The van der Waals surface area contributed by atoms with Gasteiger partial charge in [-0.05, 0) is 80.2 Å². The maximum absolute atomic E-state index is 14.2. The Hall–Kier alpha value is -6.11. The molecule has 0 aliphatic carbocycles. The zero-order chi connectivity index (χ0) is 46.1. The normalized spacial score (nSPS) is 20.9. The first-order valence-corrected chi connectivity index (χ1v) is 23.9. The number of para-hydroxylation sites is 1. The summed E-state index contributed by atoms with van der Waals surface area (Å²) in [5.74, 6) is 0.0841. The molecule has 17 nitrogen and oxygen atoms in total. The Morgan fingerprint density at radius 1 is 1.00 bits per heavy atom. The number of phenolic OH excluding ortho intramolecular Hbond substituents is 1. The number of ether oxygens (including phenoxy) is 1. The van der Waals surface area contributed by atoms with Gasteiger partial charge in [0.25, 0.3) is 5.88 Å². The molecule has 5 atom stereocenters. The number of carbonyl (C=O) groups is 3. The number of benzene rings is 2. The topological polar surface area (TPSA) is 203 Å². The van der Waals surface area contributed by atoms with Gasteiger partial charge in [-0.2, -0.15) is 0 Å². The van der Waals surface area contributed by atoms with E-state index >= 15 is 0 Å². The van der Waals surface area contributed by atoms with Crippen LogP contribution in [0.2, 0.25) is 0 Å². The van der Waals surface area contributed by atoms with Crippen molar-refractivity contribution in [2.75, 3.05) is 69.2 Å². The molecular weight excluding hydrogens is 861 g/mol. The second-order valence-electron chi connectivity index (χ2n) is 18.3. The number of hydrogen-bond acceptors (Lipinski definition) is 15. The molecule has 0 bridgehead atoms. The van der Waals surface area contributed by atoms with E-state index in [1.54, 1.807) is 29.5 Å². The van der Waals surface area contributed by atoms with Crippen LogP contribution in [0.25, 0.3) is 21.7 Å². The number of aliphatic hydroxyl groups excluding tert-OH is 1. The number of aromatic hydroxyl groups is 1. The molecule has 7 heterocycles.